The van der Waals surface area contributed by atoms with Crippen molar-refractivity contribution in [2.75, 3.05) is 0 Å². The van der Waals surface area contributed by atoms with Crippen LogP contribution in [0.3, 0.4) is 0 Å². The summed E-state index contributed by atoms with van der Waals surface area (Å²) in [5.74, 6) is 0. The lowest BCUT2D eigenvalue weighted by atomic mass is 10.1. The zero-order chi connectivity index (χ0) is 15.3. The topological polar surface area (TPSA) is 9.23 Å². The molecule has 0 aliphatic heterocycles. The Morgan fingerprint density at radius 2 is 1.84 bits per heavy atom. The van der Waals surface area contributed by atoms with Gasteiger partial charge in [0.15, 0.2) is 8.32 Å². The van der Waals surface area contributed by atoms with E-state index in [0.29, 0.717) is 0 Å². The predicted molar refractivity (Wildman–Crippen MR) is 96.7 cm³/mol. The summed E-state index contributed by atoms with van der Waals surface area (Å²) in [4.78, 5) is 0. The second-order valence-corrected chi connectivity index (χ2v) is 14.3. The third kappa shape index (κ3) is 8.48. The van der Waals surface area contributed by atoms with Crippen LogP contribution in [0.15, 0.2) is 21.6 Å². The summed E-state index contributed by atoms with van der Waals surface area (Å²) in [5.41, 5.74) is 1.23. The molecule has 112 valence electrons. The van der Waals surface area contributed by atoms with E-state index >= 15 is 0 Å². The zero-order valence-electron chi connectivity index (χ0n) is 13.1. The lowest BCUT2D eigenvalue weighted by Crippen LogP contribution is -2.43. The van der Waals surface area contributed by atoms with Crippen LogP contribution in [-0.4, -0.2) is 14.4 Å². The van der Waals surface area contributed by atoms with Gasteiger partial charge in [-0.1, -0.05) is 32.4 Å². The summed E-state index contributed by atoms with van der Waals surface area (Å²) in [6, 6.07) is 0. The molecule has 0 aromatic rings. The van der Waals surface area contributed by atoms with Gasteiger partial charge in [-0.05, 0) is 76.2 Å². The second kappa shape index (κ2) is 8.16. The van der Waals surface area contributed by atoms with E-state index in [1.807, 2.05) is 0 Å². The first kappa shape index (κ1) is 19.6. The summed E-state index contributed by atoms with van der Waals surface area (Å²) in [6.45, 7) is 17.5. The smallest absolute Gasteiger partial charge is 0.192 e. The normalized spacial score (nSPS) is 14.1. The van der Waals surface area contributed by atoms with E-state index in [2.05, 4.69) is 85.3 Å². The van der Waals surface area contributed by atoms with E-state index in [1.165, 1.54) is 5.57 Å². The van der Waals surface area contributed by atoms with Crippen molar-refractivity contribution < 1.29 is 4.43 Å². The Morgan fingerprint density at radius 3 is 2.21 bits per heavy atom. The molecule has 0 aliphatic carbocycles. The van der Waals surface area contributed by atoms with Gasteiger partial charge in [0.1, 0.15) is 0 Å². The fraction of sp³-hybridized carbons (Fsp3) is 0.733. The van der Waals surface area contributed by atoms with Gasteiger partial charge in [-0.2, -0.15) is 0 Å². The van der Waals surface area contributed by atoms with Gasteiger partial charge in [0.05, 0.1) is 3.39 Å². The SMILES string of the molecule is C=C(C)CC[C@H](CC=C(Br)Br)O[Si](C)(C)C(C)(C)C. The first-order valence-corrected chi connectivity index (χ1v) is 11.3. The molecule has 4 heteroatoms. The maximum Gasteiger partial charge on any atom is 0.192 e. The highest BCUT2D eigenvalue weighted by atomic mass is 79.9. The van der Waals surface area contributed by atoms with E-state index in [-0.39, 0.29) is 11.1 Å². The molecule has 0 fully saturated rings. The Bertz CT molecular complexity index is 326. The average Bonchev–Trinajstić information content (AvgIpc) is 2.19. The molecule has 0 aliphatic rings. The quantitative estimate of drug-likeness (QED) is 0.332. The first-order chi connectivity index (χ1) is 8.45. The van der Waals surface area contributed by atoms with Crippen LogP contribution in [0.5, 0.6) is 0 Å². The fourth-order valence-corrected chi connectivity index (χ4v) is 3.22. The lowest BCUT2D eigenvalue weighted by Gasteiger charge is -2.39. The molecular formula is C15H28Br2OSi. The average molecular weight is 412 g/mol. The molecule has 0 rings (SSSR count). The van der Waals surface area contributed by atoms with Gasteiger partial charge in [0, 0.05) is 6.10 Å². The Morgan fingerprint density at radius 1 is 1.32 bits per heavy atom. The number of hydrogen-bond donors (Lipinski definition) is 0. The molecule has 0 unspecified atom stereocenters. The van der Waals surface area contributed by atoms with E-state index in [1.54, 1.807) is 0 Å². The minimum Gasteiger partial charge on any atom is -0.414 e. The van der Waals surface area contributed by atoms with Crippen molar-refractivity contribution in [3.8, 4) is 0 Å². The largest absolute Gasteiger partial charge is 0.414 e. The maximum absolute atomic E-state index is 6.51. The van der Waals surface area contributed by atoms with Crippen LogP contribution in [0.25, 0.3) is 0 Å². The summed E-state index contributed by atoms with van der Waals surface area (Å²) in [5, 5.41) is 0.254. The fourth-order valence-electron chi connectivity index (χ4n) is 1.45. The summed E-state index contributed by atoms with van der Waals surface area (Å²) in [7, 11) is -1.70. The van der Waals surface area contributed by atoms with Gasteiger partial charge < -0.3 is 4.43 Å². The van der Waals surface area contributed by atoms with Gasteiger partial charge in [-0.15, -0.1) is 6.58 Å². The monoisotopic (exact) mass is 410 g/mol. The van der Waals surface area contributed by atoms with E-state index in [0.717, 1.165) is 22.7 Å². The van der Waals surface area contributed by atoms with Crippen LogP contribution >= 0.6 is 31.9 Å². The molecule has 0 amide bonds. The van der Waals surface area contributed by atoms with Gasteiger partial charge >= 0.3 is 0 Å². The molecule has 0 spiro atoms. The lowest BCUT2D eigenvalue weighted by molar-refractivity contribution is 0.174. The Balaban J connectivity index is 4.74. The highest BCUT2D eigenvalue weighted by Crippen LogP contribution is 2.38. The van der Waals surface area contributed by atoms with Gasteiger partial charge in [0.2, 0.25) is 0 Å². The Kier molecular flexibility index (Phi) is 8.42. The standard InChI is InChI=1S/C15H28Br2OSi/c1-12(2)8-9-13(10-11-14(16)17)18-19(6,7)15(3,4)5/h11,13H,1,8-10H2,2-7H3/t13-/m1/s1. The molecule has 0 heterocycles. The van der Waals surface area contributed by atoms with Crippen LogP contribution in [0.4, 0.5) is 0 Å². The Hall–Kier alpha value is 0.617. The van der Waals surface area contributed by atoms with Crippen molar-refractivity contribution >= 4 is 40.2 Å². The minimum atomic E-state index is -1.70. The van der Waals surface area contributed by atoms with Crippen molar-refractivity contribution in [3.05, 3.63) is 21.6 Å². The summed E-state index contributed by atoms with van der Waals surface area (Å²) >= 11 is 6.84. The number of hydrogen-bond acceptors (Lipinski definition) is 1. The molecule has 1 nitrogen and oxygen atoms in total. The predicted octanol–water partition coefficient (Wildman–Crippen LogP) is 6.75. The molecule has 0 saturated carbocycles. The van der Waals surface area contributed by atoms with Crippen LogP contribution in [0.2, 0.25) is 18.1 Å². The van der Waals surface area contributed by atoms with Crippen LogP contribution < -0.4 is 0 Å². The van der Waals surface area contributed by atoms with Crippen molar-refractivity contribution in [2.24, 2.45) is 0 Å². The zero-order valence-corrected chi connectivity index (χ0v) is 17.3. The molecule has 19 heavy (non-hydrogen) atoms. The molecule has 0 bridgehead atoms. The molecule has 0 aromatic carbocycles. The molecule has 0 aromatic heterocycles. The maximum atomic E-state index is 6.51. The molecule has 0 radical (unpaired) electrons. The van der Waals surface area contributed by atoms with E-state index in [4.69, 9.17) is 4.43 Å². The van der Waals surface area contributed by atoms with Gasteiger partial charge in [-0.25, -0.2) is 0 Å². The highest BCUT2D eigenvalue weighted by molar-refractivity contribution is 9.28. The van der Waals surface area contributed by atoms with Crippen molar-refractivity contribution in [1.82, 2.24) is 0 Å². The highest BCUT2D eigenvalue weighted by Gasteiger charge is 2.38. The van der Waals surface area contributed by atoms with Crippen LogP contribution in [0, 0.1) is 0 Å². The van der Waals surface area contributed by atoms with Gasteiger partial charge in [-0.3, -0.25) is 0 Å². The van der Waals surface area contributed by atoms with Crippen molar-refractivity contribution in [3.63, 3.8) is 0 Å². The third-order valence-electron chi connectivity index (χ3n) is 3.70. The van der Waals surface area contributed by atoms with Crippen molar-refractivity contribution in [1.29, 1.82) is 0 Å². The third-order valence-corrected chi connectivity index (χ3v) is 8.88. The molecule has 0 N–H and O–H groups in total. The molecule has 1 atom stereocenters. The van der Waals surface area contributed by atoms with E-state index in [9.17, 15) is 0 Å². The number of allylic oxidation sites excluding steroid dienone is 1. The van der Waals surface area contributed by atoms with Crippen LogP contribution in [-0.2, 0) is 4.43 Å². The van der Waals surface area contributed by atoms with Crippen molar-refractivity contribution in [2.45, 2.75) is 71.2 Å². The van der Waals surface area contributed by atoms with Gasteiger partial charge in [0.25, 0.3) is 0 Å². The Labute approximate surface area is 137 Å². The summed E-state index contributed by atoms with van der Waals surface area (Å²) < 4.78 is 7.51. The minimum absolute atomic E-state index is 0.254. The summed E-state index contributed by atoms with van der Waals surface area (Å²) in [6.07, 6.45) is 5.43. The van der Waals surface area contributed by atoms with Crippen LogP contribution in [0.1, 0.15) is 47.0 Å². The second-order valence-electron chi connectivity index (χ2n) is 6.73. The first-order valence-electron chi connectivity index (χ1n) is 6.79. The number of rotatable bonds is 7. The number of halogens is 2. The molecular weight excluding hydrogens is 384 g/mol. The van der Waals surface area contributed by atoms with E-state index < -0.39 is 8.32 Å². The molecule has 0 saturated heterocycles.